The van der Waals surface area contributed by atoms with E-state index in [4.69, 9.17) is 4.98 Å². The summed E-state index contributed by atoms with van der Waals surface area (Å²) in [5.74, 6) is 1.44. The van der Waals surface area contributed by atoms with Crippen molar-refractivity contribution < 1.29 is 4.79 Å². The minimum atomic E-state index is 0.122. The van der Waals surface area contributed by atoms with Crippen LogP contribution in [0.3, 0.4) is 0 Å². The van der Waals surface area contributed by atoms with Crippen LogP contribution in [0.15, 0.2) is 5.38 Å². The number of rotatable bonds is 3. The summed E-state index contributed by atoms with van der Waals surface area (Å²) in [7, 11) is 0. The van der Waals surface area contributed by atoms with Gasteiger partial charge < -0.3 is 4.90 Å². The molecule has 1 aromatic heterocycles. The molecule has 4 nitrogen and oxygen atoms in total. The fourth-order valence-electron chi connectivity index (χ4n) is 4.77. The number of nitrogens with zero attached hydrogens (tertiary/aromatic N) is 3. The Kier molecular flexibility index (Phi) is 7.10. The van der Waals surface area contributed by atoms with Gasteiger partial charge in [-0.1, -0.05) is 41.5 Å². The van der Waals surface area contributed by atoms with Crippen molar-refractivity contribution in [2.45, 2.75) is 85.6 Å². The molecule has 0 bridgehead atoms. The fraction of sp³-hybridized carbons (Fsp3) is 0.833. The largest absolute Gasteiger partial charge is 0.341 e. The van der Waals surface area contributed by atoms with Gasteiger partial charge in [0.1, 0.15) is 0 Å². The molecule has 2 heterocycles. The summed E-state index contributed by atoms with van der Waals surface area (Å²) in [6, 6.07) is 0. The first-order chi connectivity index (χ1) is 13.5. The van der Waals surface area contributed by atoms with Gasteiger partial charge >= 0.3 is 0 Å². The van der Waals surface area contributed by atoms with E-state index in [9.17, 15) is 4.79 Å². The van der Waals surface area contributed by atoms with Gasteiger partial charge in [-0.05, 0) is 43.4 Å². The van der Waals surface area contributed by atoms with E-state index in [0.717, 1.165) is 57.9 Å². The van der Waals surface area contributed by atoms with E-state index in [0.29, 0.717) is 11.3 Å². The maximum Gasteiger partial charge on any atom is 0.225 e. The lowest BCUT2D eigenvalue weighted by Gasteiger charge is -2.37. The van der Waals surface area contributed by atoms with Crippen LogP contribution >= 0.6 is 11.3 Å². The highest BCUT2D eigenvalue weighted by Crippen LogP contribution is 2.40. The lowest BCUT2D eigenvalue weighted by molar-refractivity contribution is -0.137. The van der Waals surface area contributed by atoms with E-state index >= 15 is 0 Å². The highest BCUT2D eigenvalue weighted by Gasteiger charge is 2.34. The Labute approximate surface area is 182 Å². The summed E-state index contributed by atoms with van der Waals surface area (Å²) >= 11 is 1.77. The number of thiazole rings is 1. The van der Waals surface area contributed by atoms with Crippen molar-refractivity contribution in [3.05, 3.63) is 16.1 Å². The first-order valence-electron chi connectivity index (χ1n) is 11.5. The van der Waals surface area contributed by atoms with Gasteiger partial charge in [-0.3, -0.25) is 9.69 Å². The van der Waals surface area contributed by atoms with Crippen LogP contribution < -0.4 is 0 Å². The van der Waals surface area contributed by atoms with E-state index in [1.165, 1.54) is 23.5 Å². The molecular weight excluding hydrogens is 378 g/mol. The van der Waals surface area contributed by atoms with Crippen LogP contribution in [0.1, 0.15) is 84.3 Å². The Bertz CT molecular complexity index is 677. The molecule has 1 aliphatic heterocycles. The molecule has 0 N–H and O–H groups in total. The molecule has 0 spiro atoms. The second-order valence-corrected chi connectivity index (χ2v) is 12.1. The van der Waals surface area contributed by atoms with Gasteiger partial charge in [0.2, 0.25) is 5.91 Å². The second kappa shape index (κ2) is 9.05. The predicted molar refractivity (Wildman–Crippen MR) is 122 cm³/mol. The molecule has 0 radical (unpaired) electrons. The Morgan fingerprint density at radius 3 is 2.31 bits per heavy atom. The molecule has 1 saturated heterocycles. The van der Waals surface area contributed by atoms with E-state index < -0.39 is 0 Å². The van der Waals surface area contributed by atoms with Crippen molar-refractivity contribution in [1.29, 1.82) is 0 Å². The molecule has 29 heavy (non-hydrogen) atoms. The Balaban J connectivity index is 1.49. The third-order valence-electron chi connectivity index (χ3n) is 6.78. The van der Waals surface area contributed by atoms with E-state index in [-0.39, 0.29) is 11.3 Å². The number of aromatic nitrogens is 1. The Morgan fingerprint density at radius 2 is 1.72 bits per heavy atom. The third kappa shape index (κ3) is 6.04. The highest BCUT2D eigenvalue weighted by molar-refractivity contribution is 7.09. The van der Waals surface area contributed by atoms with Crippen LogP contribution in [0.2, 0.25) is 0 Å². The molecule has 5 heteroatoms. The van der Waals surface area contributed by atoms with Crippen LogP contribution in [0.5, 0.6) is 0 Å². The molecule has 1 amide bonds. The van der Waals surface area contributed by atoms with Crippen LogP contribution in [0.4, 0.5) is 0 Å². The lowest BCUT2D eigenvalue weighted by atomic mass is 9.69. The molecule has 2 aliphatic rings. The normalized spacial score (nSPS) is 25.1. The average molecular weight is 420 g/mol. The summed E-state index contributed by atoms with van der Waals surface area (Å²) < 4.78 is 0. The molecule has 1 aromatic rings. The summed E-state index contributed by atoms with van der Waals surface area (Å²) in [6.45, 7) is 18.4. The van der Waals surface area contributed by atoms with Gasteiger partial charge in [0.05, 0.1) is 10.7 Å². The van der Waals surface area contributed by atoms with Crippen molar-refractivity contribution in [3.8, 4) is 0 Å². The quantitative estimate of drug-likeness (QED) is 0.664. The van der Waals surface area contributed by atoms with E-state index in [2.05, 4.69) is 56.7 Å². The van der Waals surface area contributed by atoms with Crippen molar-refractivity contribution in [2.75, 3.05) is 26.2 Å². The van der Waals surface area contributed by atoms with Crippen molar-refractivity contribution in [1.82, 2.24) is 14.8 Å². The summed E-state index contributed by atoms with van der Waals surface area (Å²) in [6.07, 6.45) is 5.64. The molecule has 3 rings (SSSR count). The fourth-order valence-corrected chi connectivity index (χ4v) is 5.67. The Hall–Kier alpha value is -0.940. The van der Waals surface area contributed by atoms with Gasteiger partial charge in [0, 0.05) is 49.4 Å². The predicted octanol–water partition coefficient (Wildman–Crippen LogP) is 5.33. The van der Waals surface area contributed by atoms with Gasteiger partial charge in [-0.15, -0.1) is 11.3 Å². The minimum Gasteiger partial charge on any atom is -0.341 e. The van der Waals surface area contributed by atoms with Gasteiger partial charge in [0.15, 0.2) is 0 Å². The monoisotopic (exact) mass is 419 g/mol. The first kappa shape index (κ1) is 22.7. The molecule has 2 fully saturated rings. The van der Waals surface area contributed by atoms with Gasteiger partial charge in [0.25, 0.3) is 0 Å². The Morgan fingerprint density at radius 1 is 1.03 bits per heavy atom. The van der Waals surface area contributed by atoms with Crippen molar-refractivity contribution in [2.24, 2.45) is 17.3 Å². The van der Waals surface area contributed by atoms with Crippen LogP contribution in [-0.2, 0) is 16.8 Å². The van der Waals surface area contributed by atoms with Crippen molar-refractivity contribution in [3.63, 3.8) is 0 Å². The van der Waals surface area contributed by atoms with Crippen LogP contribution in [0.25, 0.3) is 0 Å². The topological polar surface area (TPSA) is 36.4 Å². The van der Waals surface area contributed by atoms with E-state index in [1.807, 2.05) is 0 Å². The lowest BCUT2D eigenvalue weighted by Crippen LogP contribution is -2.40. The minimum absolute atomic E-state index is 0.122. The van der Waals surface area contributed by atoms with Gasteiger partial charge in [-0.25, -0.2) is 4.98 Å². The second-order valence-electron chi connectivity index (χ2n) is 11.3. The number of hydrogen-bond donors (Lipinski definition) is 0. The molecular formula is C24H41N3OS. The summed E-state index contributed by atoms with van der Waals surface area (Å²) in [4.78, 5) is 22.6. The standard InChI is InChI=1S/C24H41N3OS/c1-23(2,3)19-10-8-18(9-11-19)21(28)27-13-7-12-26(14-15-27)16-20-17-29-22(25-20)24(4,5)6/h17-19H,7-16H2,1-6H3. The number of hydrogen-bond acceptors (Lipinski definition) is 4. The van der Waals surface area contributed by atoms with Crippen LogP contribution in [0, 0.1) is 17.3 Å². The maximum absolute atomic E-state index is 13.1. The summed E-state index contributed by atoms with van der Waals surface area (Å²) in [5.41, 5.74) is 1.68. The zero-order chi connectivity index (χ0) is 21.2. The van der Waals surface area contributed by atoms with Crippen LogP contribution in [-0.4, -0.2) is 46.9 Å². The molecule has 164 valence electrons. The molecule has 0 aromatic carbocycles. The number of carbonyl (C=O) groups excluding carboxylic acids is 1. The van der Waals surface area contributed by atoms with E-state index in [1.54, 1.807) is 11.3 Å². The number of amides is 1. The molecule has 0 atom stereocenters. The zero-order valence-corrected chi connectivity index (χ0v) is 20.3. The molecule has 1 saturated carbocycles. The first-order valence-corrected chi connectivity index (χ1v) is 12.4. The highest BCUT2D eigenvalue weighted by atomic mass is 32.1. The smallest absolute Gasteiger partial charge is 0.225 e. The van der Waals surface area contributed by atoms with Crippen molar-refractivity contribution >= 4 is 17.2 Å². The average Bonchev–Trinajstić information content (AvgIpc) is 3.00. The summed E-state index contributed by atoms with van der Waals surface area (Å²) in [5, 5.41) is 3.42. The third-order valence-corrected chi connectivity index (χ3v) is 8.10. The van der Waals surface area contributed by atoms with Gasteiger partial charge in [-0.2, -0.15) is 0 Å². The SMILES string of the molecule is CC(C)(C)c1nc(CN2CCCN(C(=O)C3CCC(C(C)(C)C)CC3)CC2)cs1. The maximum atomic E-state index is 13.1. The number of carbonyl (C=O) groups is 1. The molecule has 1 aliphatic carbocycles. The molecule has 0 unspecified atom stereocenters. The zero-order valence-electron chi connectivity index (χ0n) is 19.5.